The van der Waals surface area contributed by atoms with Gasteiger partial charge in [0.15, 0.2) is 0 Å². The van der Waals surface area contributed by atoms with E-state index in [-0.39, 0.29) is 0 Å². The summed E-state index contributed by atoms with van der Waals surface area (Å²) in [5, 5.41) is 1.13. The maximum atomic E-state index is 5.97. The smallest absolute Gasteiger partial charge is 0.130 e. The van der Waals surface area contributed by atoms with Crippen LogP contribution in [0.4, 0.5) is 0 Å². The Morgan fingerprint density at radius 1 is 0.852 bits per heavy atom. The van der Waals surface area contributed by atoms with Crippen molar-refractivity contribution in [2.75, 3.05) is 0 Å². The largest absolute Gasteiger partial charge is 0.489 e. The van der Waals surface area contributed by atoms with Gasteiger partial charge in [0.05, 0.1) is 11.2 Å². The number of aromatic nitrogens is 1. The number of fused-ring (bicyclic) bond motifs is 1. The van der Waals surface area contributed by atoms with Crippen LogP contribution in [0.25, 0.3) is 10.9 Å². The predicted molar refractivity (Wildman–Crippen MR) is 107 cm³/mol. The Labute approximate surface area is 159 Å². The molecule has 1 aromatic heterocycles. The van der Waals surface area contributed by atoms with Gasteiger partial charge in [0.2, 0.25) is 0 Å². The molecule has 0 amide bonds. The van der Waals surface area contributed by atoms with Gasteiger partial charge < -0.3 is 9.47 Å². The Kier molecular flexibility index (Phi) is 5.01. The normalized spacial score (nSPS) is 10.7. The maximum Gasteiger partial charge on any atom is 0.130 e. The zero-order chi connectivity index (χ0) is 18.5. The van der Waals surface area contributed by atoms with E-state index in [1.165, 1.54) is 0 Å². The van der Waals surface area contributed by atoms with Crippen LogP contribution in [0, 0.1) is 13.0 Å². The molecule has 0 aliphatic heterocycles. The molecule has 3 aromatic carbocycles. The summed E-state index contributed by atoms with van der Waals surface area (Å²) in [6.07, 6.45) is 0. The minimum Gasteiger partial charge on any atom is -0.489 e. The first-order valence-electron chi connectivity index (χ1n) is 8.94. The van der Waals surface area contributed by atoms with E-state index >= 15 is 0 Å². The number of pyridine rings is 1. The Morgan fingerprint density at radius 3 is 2.59 bits per heavy atom. The lowest BCUT2D eigenvalue weighted by molar-refractivity contribution is 0.293. The number of nitrogens with zero attached hydrogens (tertiary/aromatic N) is 1. The number of benzene rings is 3. The lowest BCUT2D eigenvalue weighted by atomic mass is 10.2. The first kappa shape index (κ1) is 17.1. The van der Waals surface area contributed by atoms with Crippen LogP contribution >= 0.6 is 0 Å². The predicted octanol–water partition coefficient (Wildman–Crippen LogP) is 5.50. The number of hydrogen-bond donors (Lipinski definition) is 0. The molecule has 0 unspecified atom stereocenters. The molecule has 0 aliphatic carbocycles. The van der Waals surface area contributed by atoms with Crippen LogP contribution in [0.3, 0.4) is 0 Å². The highest BCUT2D eigenvalue weighted by Crippen LogP contribution is 2.25. The van der Waals surface area contributed by atoms with Crippen LogP contribution in [0.1, 0.15) is 16.8 Å². The van der Waals surface area contributed by atoms with Gasteiger partial charge >= 0.3 is 0 Å². The number of rotatable bonds is 6. The summed E-state index contributed by atoms with van der Waals surface area (Å²) in [6, 6.07) is 29.0. The topological polar surface area (TPSA) is 31.4 Å². The lowest BCUT2D eigenvalue weighted by Crippen LogP contribution is -2.00. The molecule has 0 aliphatic rings. The molecule has 1 heterocycles. The third-order valence-corrected chi connectivity index (χ3v) is 4.35. The highest BCUT2D eigenvalue weighted by Gasteiger charge is 2.05. The number of aryl methyl sites for hydroxylation is 1. The lowest BCUT2D eigenvalue weighted by Gasteiger charge is -2.12. The van der Waals surface area contributed by atoms with E-state index in [1.807, 2.05) is 73.7 Å². The molecular weight excluding hydrogens is 334 g/mol. The number of para-hydroxylation sites is 1. The van der Waals surface area contributed by atoms with Gasteiger partial charge in [-0.25, -0.2) is 4.98 Å². The van der Waals surface area contributed by atoms with Crippen molar-refractivity contribution in [1.82, 2.24) is 4.98 Å². The molecule has 4 rings (SSSR count). The summed E-state index contributed by atoms with van der Waals surface area (Å²) in [5.74, 6) is 1.66. The maximum absolute atomic E-state index is 5.97. The van der Waals surface area contributed by atoms with Gasteiger partial charge in [-0.15, -0.1) is 0 Å². The van der Waals surface area contributed by atoms with Gasteiger partial charge in [-0.05, 0) is 54.4 Å². The fraction of sp³-hybridized carbons (Fsp3) is 0.125. The molecule has 133 valence electrons. The van der Waals surface area contributed by atoms with Crippen molar-refractivity contribution in [2.24, 2.45) is 0 Å². The van der Waals surface area contributed by atoms with Crippen molar-refractivity contribution in [3.63, 3.8) is 0 Å². The molecule has 0 saturated carbocycles. The summed E-state index contributed by atoms with van der Waals surface area (Å²) in [4.78, 5) is 4.65. The fourth-order valence-corrected chi connectivity index (χ4v) is 2.90. The number of hydrogen-bond acceptors (Lipinski definition) is 3. The third kappa shape index (κ3) is 4.26. The van der Waals surface area contributed by atoms with E-state index in [1.54, 1.807) is 0 Å². The highest BCUT2D eigenvalue weighted by atomic mass is 16.5. The van der Waals surface area contributed by atoms with E-state index in [9.17, 15) is 0 Å². The Bertz CT molecular complexity index is 1040. The van der Waals surface area contributed by atoms with Gasteiger partial charge in [0, 0.05) is 5.39 Å². The first-order chi connectivity index (χ1) is 13.3. The van der Waals surface area contributed by atoms with Crippen molar-refractivity contribution in [3.05, 3.63) is 102 Å². The summed E-state index contributed by atoms with van der Waals surface area (Å²) >= 11 is 0. The molecule has 0 N–H and O–H groups in total. The summed E-state index contributed by atoms with van der Waals surface area (Å²) in [7, 11) is 0. The zero-order valence-corrected chi connectivity index (χ0v) is 15.2. The second-order valence-electron chi connectivity index (χ2n) is 6.39. The van der Waals surface area contributed by atoms with Crippen LogP contribution in [0.5, 0.6) is 11.5 Å². The summed E-state index contributed by atoms with van der Waals surface area (Å²) in [5.41, 5.74) is 3.95. The van der Waals surface area contributed by atoms with Crippen molar-refractivity contribution in [1.29, 1.82) is 0 Å². The fourth-order valence-electron chi connectivity index (χ4n) is 2.90. The molecule has 27 heavy (non-hydrogen) atoms. The summed E-state index contributed by atoms with van der Waals surface area (Å²) < 4.78 is 11.8. The minimum atomic E-state index is 0.435. The quantitative estimate of drug-likeness (QED) is 0.458. The molecular formula is C24H20NO2. The molecule has 3 nitrogen and oxygen atoms in total. The van der Waals surface area contributed by atoms with Crippen LogP contribution in [0.2, 0.25) is 0 Å². The van der Waals surface area contributed by atoms with Gasteiger partial charge in [-0.1, -0.05) is 48.5 Å². The van der Waals surface area contributed by atoms with E-state index in [0.717, 1.165) is 39.2 Å². The van der Waals surface area contributed by atoms with E-state index in [0.29, 0.717) is 13.2 Å². The van der Waals surface area contributed by atoms with E-state index < -0.39 is 0 Å². The monoisotopic (exact) mass is 354 g/mol. The van der Waals surface area contributed by atoms with Crippen LogP contribution in [0.15, 0.2) is 78.9 Å². The van der Waals surface area contributed by atoms with E-state index in [4.69, 9.17) is 9.47 Å². The van der Waals surface area contributed by atoms with Crippen LogP contribution in [-0.2, 0) is 13.2 Å². The average Bonchev–Trinajstić information content (AvgIpc) is 2.72. The summed E-state index contributed by atoms with van der Waals surface area (Å²) in [6.45, 7) is 2.96. The second kappa shape index (κ2) is 7.92. The Morgan fingerprint density at radius 2 is 1.74 bits per heavy atom. The van der Waals surface area contributed by atoms with E-state index in [2.05, 4.69) is 23.2 Å². The van der Waals surface area contributed by atoms with Gasteiger partial charge in [-0.3, -0.25) is 0 Å². The molecule has 0 bridgehead atoms. The average molecular weight is 354 g/mol. The Balaban J connectivity index is 1.40. The van der Waals surface area contributed by atoms with Gasteiger partial charge in [0.25, 0.3) is 0 Å². The van der Waals surface area contributed by atoms with Crippen molar-refractivity contribution < 1.29 is 9.47 Å². The van der Waals surface area contributed by atoms with Crippen LogP contribution < -0.4 is 9.47 Å². The molecule has 0 saturated heterocycles. The third-order valence-electron chi connectivity index (χ3n) is 4.35. The minimum absolute atomic E-state index is 0.435. The van der Waals surface area contributed by atoms with Gasteiger partial charge in [-0.2, -0.15) is 0 Å². The van der Waals surface area contributed by atoms with Crippen molar-refractivity contribution in [2.45, 2.75) is 20.1 Å². The Hall–Kier alpha value is -3.33. The molecule has 0 fully saturated rings. The molecule has 3 heteroatoms. The highest BCUT2D eigenvalue weighted by molar-refractivity contribution is 5.78. The van der Waals surface area contributed by atoms with Gasteiger partial charge in [0.1, 0.15) is 24.7 Å². The molecule has 0 spiro atoms. The molecule has 0 atom stereocenters. The van der Waals surface area contributed by atoms with Crippen LogP contribution in [-0.4, -0.2) is 4.98 Å². The van der Waals surface area contributed by atoms with Crippen molar-refractivity contribution >= 4 is 10.9 Å². The second-order valence-corrected chi connectivity index (χ2v) is 6.39. The van der Waals surface area contributed by atoms with Crippen molar-refractivity contribution in [3.8, 4) is 11.5 Å². The standard InChI is InChI=1S/C24H20NO2/c1-18-15-22(26-16-19-7-3-2-4-8-19)13-14-24(18)27-17-21-12-11-20-9-5-6-10-23(20)25-21/h2-7,9-15H,16-17H2,1H3. The number of ether oxygens (including phenoxy) is 2. The first-order valence-corrected chi connectivity index (χ1v) is 8.94. The SMILES string of the molecule is Cc1cc(OCc2[c]cccc2)ccc1OCc1ccc2ccccc2n1. The molecule has 1 radical (unpaired) electrons. The molecule has 4 aromatic rings. The zero-order valence-electron chi connectivity index (χ0n) is 15.2.